The Balaban J connectivity index is 2.49. The maximum Gasteiger partial charge on any atom is 0.130 e. The van der Waals surface area contributed by atoms with E-state index in [9.17, 15) is 9.50 Å². The average molecular weight is 322 g/mol. The largest absolute Gasteiger partial charge is 0.383 e. The first kappa shape index (κ1) is 12.0. The van der Waals surface area contributed by atoms with Gasteiger partial charge in [-0.25, -0.2) is 4.39 Å². The van der Waals surface area contributed by atoms with Crippen LogP contribution in [-0.2, 0) is 0 Å². The second-order valence-electron chi connectivity index (χ2n) is 3.17. The Hall–Kier alpha value is -0.420. The van der Waals surface area contributed by atoms with Crippen molar-refractivity contribution in [1.82, 2.24) is 0 Å². The maximum atomic E-state index is 13.6. The molecule has 1 heterocycles. The maximum absolute atomic E-state index is 13.6. The molecule has 2 rings (SSSR count). The van der Waals surface area contributed by atoms with Gasteiger partial charge in [-0.15, -0.1) is 11.3 Å². The molecule has 1 unspecified atom stereocenters. The van der Waals surface area contributed by atoms with Crippen molar-refractivity contribution in [2.45, 2.75) is 6.10 Å². The van der Waals surface area contributed by atoms with E-state index in [2.05, 4.69) is 15.9 Å². The summed E-state index contributed by atoms with van der Waals surface area (Å²) in [6.07, 6.45) is -1.04. The average Bonchev–Trinajstić information content (AvgIpc) is 2.64. The van der Waals surface area contributed by atoms with Crippen molar-refractivity contribution < 1.29 is 9.50 Å². The standard InChI is InChI=1S/C11H7BrClFOS/c12-6-2-1-3-8(14)9(6)10(15)11-7(13)4-5-16-11/h1-5,10,15H. The molecule has 0 radical (unpaired) electrons. The molecule has 0 aliphatic rings. The molecule has 0 aliphatic heterocycles. The third-order valence-electron chi connectivity index (χ3n) is 2.17. The van der Waals surface area contributed by atoms with Crippen LogP contribution in [0.15, 0.2) is 34.1 Å². The third-order valence-corrected chi connectivity index (χ3v) is 4.27. The van der Waals surface area contributed by atoms with Gasteiger partial charge in [-0.3, -0.25) is 0 Å². The summed E-state index contributed by atoms with van der Waals surface area (Å²) < 4.78 is 14.1. The van der Waals surface area contributed by atoms with Crippen molar-refractivity contribution in [3.8, 4) is 0 Å². The topological polar surface area (TPSA) is 20.2 Å². The van der Waals surface area contributed by atoms with E-state index in [1.807, 2.05) is 0 Å². The molecule has 1 nitrogen and oxygen atoms in total. The quantitative estimate of drug-likeness (QED) is 0.870. The van der Waals surface area contributed by atoms with Crippen LogP contribution in [0.1, 0.15) is 16.5 Å². The van der Waals surface area contributed by atoms with E-state index >= 15 is 0 Å². The van der Waals surface area contributed by atoms with Gasteiger partial charge >= 0.3 is 0 Å². The molecule has 1 aromatic heterocycles. The summed E-state index contributed by atoms with van der Waals surface area (Å²) in [5, 5.41) is 12.3. The minimum atomic E-state index is -1.04. The van der Waals surface area contributed by atoms with E-state index in [-0.39, 0.29) is 5.56 Å². The van der Waals surface area contributed by atoms with Crippen LogP contribution in [0.25, 0.3) is 0 Å². The third kappa shape index (κ3) is 2.15. The molecule has 16 heavy (non-hydrogen) atoms. The van der Waals surface area contributed by atoms with Crippen LogP contribution in [0, 0.1) is 5.82 Å². The molecule has 0 saturated carbocycles. The first-order chi connectivity index (χ1) is 7.61. The lowest BCUT2D eigenvalue weighted by Gasteiger charge is -2.12. The Morgan fingerprint density at radius 3 is 2.69 bits per heavy atom. The summed E-state index contributed by atoms with van der Waals surface area (Å²) in [5.74, 6) is -0.452. The number of aliphatic hydroxyl groups excluding tert-OH is 1. The first-order valence-corrected chi connectivity index (χ1v) is 6.51. The van der Waals surface area contributed by atoms with Crippen molar-refractivity contribution in [3.05, 3.63) is 55.4 Å². The summed E-state index contributed by atoms with van der Waals surface area (Å²) in [6.45, 7) is 0. The van der Waals surface area contributed by atoms with E-state index < -0.39 is 11.9 Å². The summed E-state index contributed by atoms with van der Waals surface area (Å²) in [7, 11) is 0. The summed E-state index contributed by atoms with van der Waals surface area (Å²) >= 11 is 10.4. The summed E-state index contributed by atoms with van der Waals surface area (Å²) in [5.41, 5.74) is 0.215. The molecule has 5 heteroatoms. The number of rotatable bonds is 2. The minimum absolute atomic E-state index is 0.215. The van der Waals surface area contributed by atoms with Gasteiger partial charge in [0.2, 0.25) is 0 Å². The number of thiophene rings is 1. The predicted octanol–water partition coefficient (Wildman–Crippen LogP) is 4.38. The lowest BCUT2D eigenvalue weighted by molar-refractivity contribution is 0.218. The molecule has 0 saturated heterocycles. The Morgan fingerprint density at radius 2 is 2.12 bits per heavy atom. The predicted molar refractivity (Wildman–Crippen MR) is 67.5 cm³/mol. The van der Waals surface area contributed by atoms with Gasteiger partial charge in [0.1, 0.15) is 11.9 Å². The molecule has 0 amide bonds. The Morgan fingerprint density at radius 1 is 1.38 bits per heavy atom. The van der Waals surface area contributed by atoms with Crippen LogP contribution < -0.4 is 0 Å². The molecule has 1 atom stereocenters. The molecule has 84 valence electrons. The van der Waals surface area contributed by atoms with Crippen LogP contribution in [-0.4, -0.2) is 5.11 Å². The molecule has 0 bridgehead atoms. The van der Waals surface area contributed by atoms with Gasteiger partial charge < -0.3 is 5.11 Å². The monoisotopic (exact) mass is 320 g/mol. The highest BCUT2D eigenvalue weighted by atomic mass is 79.9. The fourth-order valence-corrected chi connectivity index (χ4v) is 3.12. The minimum Gasteiger partial charge on any atom is -0.383 e. The van der Waals surface area contributed by atoms with Gasteiger partial charge in [-0.2, -0.15) is 0 Å². The molecule has 1 N–H and O–H groups in total. The Bertz CT molecular complexity index is 494. The summed E-state index contributed by atoms with van der Waals surface area (Å²) in [6, 6.07) is 6.25. The highest BCUT2D eigenvalue weighted by molar-refractivity contribution is 9.10. The number of aliphatic hydroxyl groups is 1. The van der Waals surface area contributed by atoms with Gasteiger partial charge in [0.25, 0.3) is 0 Å². The van der Waals surface area contributed by atoms with E-state index in [1.54, 1.807) is 23.6 Å². The van der Waals surface area contributed by atoms with Crippen molar-refractivity contribution in [2.24, 2.45) is 0 Å². The molecule has 2 aromatic rings. The van der Waals surface area contributed by atoms with Crippen LogP contribution in [0.4, 0.5) is 4.39 Å². The highest BCUT2D eigenvalue weighted by Crippen LogP contribution is 2.36. The zero-order valence-corrected chi connectivity index (χ0v) is 11.1. The lowest BCUT2D eigenvalue weighted by atomic mass is 10.1. The van der Waals surface area contributed by atoms with E-state index in [1.165, 1.54) is 17.4 Å². The van der Waals surface area contributed by atoms with Gasteiger partial charge in [-0.1, -0.05) is 33.6 Å². The van der Waals surface area contributed by atoms with E-state index in [4.69, 9.17) is 11.6 Å². The normalized spacial score (nSPS) is 12.8. The number of hydrogen-bond acceptors (Lipinski definition) is 2. The fourth-order valence-electron chi connectivity index (χ4n) is 1.40. The van der Waals surface area contributed by atoms with Crippen molar-refractivity contribution in [3.63, 3.8) is 0 Å². The zero-order chi connectivity index (χ0) is 11.7. The Labute approximate surface area is 110 Å². The van der Waals surface area contributed by atoms with Crippen molar-refractivity contribution in [2.75, 3.05) is 0 Å². The number of benzene rings is 1. The summed E-state index contributed by atoms with van der Waals surface area (Å²) in [4.78, 5) is 0.549. The number of halogens is 3. The van der Waals surface area contributed by atoms with Crippen molar-refractivity contribution >= 4 is 38.9 Å². The molecule has 1 aromatic carbocycles. The Kier molecular flexibility index (Phi) is 3.64. The molecular weight excluding hydrogens is 315 g/mol. The smallest absolute Gasteiger partial charge is 0.130 e. The molecule has 0 spiro atoms. The molecular formula is C11H7BrClFOS. The van der Waals surface area contributed by atoms with Crippen LogP contribution in [0.3, 0.4) is 0 Å². The molecule has 0 aliphatic carbocycles. The SMILES string of the molecule is OC(c1sccc1Cl)c1c(F)cccc1Br. The van der Waals surface area contributed by atoms with Gasteiger partial charge in [-0.05, 0) is 23.6 Å². The zero-order valence-electron chi connectivity index (χ0n) is 7.95. The highest BCUT2D eigenvalue weighted by Gasteiger charge is 2.21. The van der Waals surface area contributed by atoms with Crippen LogP contribution >= 0.6 is 38.9 Å². The van der Waals surface area contributed by atoms with Gasteiger partial charge in [0.15, 0.2) is 0 Å². The van der Waals surface area contributed by atoms with Gasteiger partial charge in [0.05, 0.1) is 9.90 Å². The molecule has 0 fully saturated rings. The van der Waals surface area contributed by atoms with Crippen LogP contribution in [0.5, 0.6) is 0 Å². The van der Waals surface area contributed by atoms with E-state index in [0.717, 1.165) is 0 Å². The lowest BCUT2D eigenvalue weighted by Crippen LogP contribution is -2.02. The second-order valence-corrected chi connectivity index (χ2v) is 5.38. The fraction of sp³-hybridized carbons (Fsp3) is 0.0909. The number of hydrogen-bond donors (Lipinski definition) is 1. The first-order valence-electron chi connectivity index (χ1n) is 4.46. The van der Waals surface area contributed by atoms with Crippen molar-refractivity contribution in [1.29, 1.82) is 0 Å². The van der Waals surface area contributed by atoms with Gasteiger partial charge in [0, 0.05) is 10.0 Å². The van der Waals surface area contributed by atoms with E-state index in [0.29, 0.717) is 14.4 Å². The second kappa shape index (κ2) is 4.84. The van der Waals surface area contributed by atoms with Crippen LogP contribution in [0.2, 0.25) is 5.02 Å².